The van der Waals surface area contributed by atoms with E-state index >= 15 is 0 Å². The van der Waals surface area contributed by atoms with E-state index in [1.54, 1.807) is 24.3 Å². The van der Waals surface area contributed by atoms with Crippen molar-refractivity contribution in [3.05, 3.63) is 69.2 Å². The lowest BCUT2D eigenvalue weighted by atomic mass is 10.1. The minimum atomic E-state index is -0.185. The second kappa shape index (κ2) is 6.79. The Morgan fingerprint density at radius 3 is 2.57 bits per heavy atom. The third-order valence-corrected chi connectivity index (χ3v) is 3.97. The molecule has 1 N–H and O–H groups in total. The van der Waals surface area contributed by atoms with Gasteiger partial charge in [0.25, 0.3) is 0 Å². The van der Waals surface area contributed by atoms with Gasteiger partial charge >= 0.3 is 0 Å². The van der Waals surface area contributed by atoms with Crippen LogP contribution in [0, 0.1) is 13.8 Å². The van der Waals surface area contributed by atoms with E-state index in [4.69, 9.17) is 23.2 Å². The first-order chi connectivity index (χ1) is 9.97. The van der Waals surface area contributed by atoms with Crippen molar-refractivity contribution >= 4 is 40.9 Å². The van der Waals surface area contributed by atoms with Crippen molar-refractivity contribution in [2.45, 2.75) is 13.8 Å². The highest BCUT2D eigenvalue weighted by atomic mass is 35.5. The Morgan fingerprint density at radius 1 is 1.10 bits per heavy atom. The molecule has 0 aromatic heterocycles. The summed E-state index contributed by atoms with van der Waals surface area (Å²) in [5.74, 6) is -0.185. The standard InChI is InChI=1S/C17H15Cl2NO/c1-11-4-3-5-16(12(11)2)20-17(21)9-7-13-6-8-14(18)15(19)10-13/h3-10H,1-2H3,(H,20,21)/b9-7+. The first-order valence-electron chi connectivity index (χ1n) is 6.47. The molecular weight excluding hydrogens is 305 g/mol. The number of nitrogens with one attached hydrogen (secondary N) is 1. The van der Waals surface area contributed by atoms with E-state index in [9.17, 15) is 4.79 Å². The smallest absolute Gasteiger partial charge is 0.248 e. The van der Waals surface area contributed by atoms with Crippen LogP contribution in [0.5, 0.6) is 0 Å². The Hall–Kier alpha value is -1.77. The average molecular weight is 320 g/mol. The molecule has 2 rings (SSSR count). The van der Waals surface area contributed by atoms with E-state index in [0.29, 0.717) is 10.0 Å². The van der Waals surface area contributed by atoms with Gasteiger partial charge in [0.05, 0.1) is 10.0 Å². The molecule has 2 nitrogen and oxygen atoms in total. The molecule has 0 aliphatic heterocycles. The lowest BCUT2D eigenvalue weighted by molar-refractivity contribution is -0.111. The quantitative estimate of drug-likeness (QED) is 0.768. The van der Waals surface area contributed by atoms with Crippen LogP contribution in [-0.2, 0) is 4.79 Å². The normalized spacial score (nSPS) is 10.9. The van der Waals surface area contributed by atoms with Gasteiger partial charge < -0.3 is 5.32 Å². The zero-order valence-electron chi connectivity index (χ0n) is 11.8. The van der Waals surface area contributed by atoms with Crippen LogP contribution in [0.25, 0.3) is 6.08 Å². The zero-order chi connectivity index (χ0) is 15.4. The summed E-state index contributed by atoms with van der Waals surface area (Å²) >= 11 is 11.8. The fourth-order valence-electron chi connectivity index (χ4n) is 1.85. The summed E-state index contributed by atoms with van der Waals surface area (Å²) in [6.07, 6.45) is 3.17. The molecular formula is C17H15Cl2NO. The molecule has 0 unspecified atom stereocenters. The highest BCUT2D eigenvalue weighted by molar-refractivity contribution is 6.42. The van der Waals surface area contributed by atoms with Crippen LogP contribution in [0.4, 0.5) is 5.69 Å². The van der Waals surface area contributed by atoms with Gasteiger partial charge in [0.2, 0.25) is 5.91 Å². The van der Waals surface area contributed by atoms with Gasteiger partial charge in [-0.2, -0.15) is 0 Å². The van der Waals surface area contributed by atoms with Crippen molar-refractivity contribution in [2.75, 3.05) is 5.32 Å². The van der Waals surface area contributed by atoms with Crippen LogP contribution in [0.3, 0.4) is 0 Å². The van der Waals surface area contributed by atoms with E-state index in [-0.39, 0.29) is 5.91 Å². The molecule has 0 aliphatic rings. The van der Waals surface area contributed by atoms with E-state index in [2.05, 4.69) is 5.32 Å². The van der Waals surface area contributed by atoms with Crippen molar-refractivity contribution < 1.29 is 4.79 Å². The largest absolute Gasteiger partial charge is 0.322 e. The maximum absolute atomic E-state index is 11.9. The maximum Gasteiger partial charge on any atom is 0.248 e. The molecule has 0 aliphatic carbocycles. The van der Waals surface area contributed by atoms with Crippen LogP contribution >= 0.6 is 23.2 Å². The number of benzene rings is 2. The molecule has 0 saturated carbocycles. The van der Waals surface area contributed by atoms with Gasteiger partial charge in [-0.15, -0.1) is 0 Å². The molecule has 0 heterocycles. The lowest BCUT2D eigenvalue weighted by Crippen LogP contribution is -2.09. The molecule has 2 aromatic rings. The number of rotatable bonds is 3. The average Bonchev–Trinajstić information content (AvgIpc) is 2.45. The lowest BCUT2D eigenvalue weighted by Gasteiger charge is -2.08. The van der Waals surface area contributed by atoms with Crippen LogP contribution in [0.15, 0.2) is 42.5 Å². The van der Waals surface area contributed by atoms with Crippen LogP contribution < -0.4 is 5.32 Å². The van der Waals surface area contributed by atoms with E-state index < -0.39 is 0 Å². The van der Waals surface area contributed by atoms with Crippen LogP contribution in [0.1, 0.15) is 16.7 Å². The van der Waals surface area contributed by atoms with Gasteiger partial charge in [-0.3, -0.25) is 4.79 Å². The first kappa shape index (κ1) is 15.6. The third kappa shape index (κ3) is 4.10. The number of hydrogen-bond acceptors (Lipinski definition) is 1. The minimum absolute atomic E-state index is 0.185. The number of carbonyl (C=O) groups is 1. The Balaban J connectivity index is 2.09. The molecule has 21 heavy (non-hydrogen) atoms. The number of carbonyl (C=O) groups excluding carboxylic acids is 1. The highest BCUT2D eigenvalue weighted by Gasteiger charge is 2.03. The van der Waals surface area contributed by atoms with Gasteiger partial charge in [-0.25, -0.2) is 0 Å². The maximum atomic E-state index is 11.9. The van der Waals surface area contributed by atoms with Crippen molar-refractivity contribution in [2.24, 2.45) is 0 Å². The Morgan fingerprint density at radius 2 is 1.86 bits per heavy atom. The van der Waals surface area contributed by atoms with E-state index in [1.807, 2.05) is 32.0 Å². The molecule has 4 heteroatoms. The first-order valence-corrected chi connectivity index (χ1v) is 7.23. The molecule has 0 saturated heterocycles. The summed E-state index contributed by atoms with van der Waals surface area (Å²) in [6, 6.07) is 11.0. The van der Waals surface area contributed by atoms with Crippen LogP contribution in [-0.4, -0.2) is 5.91 Å². The predicted molar refractivity (Wildman–Crippen MR) is 90.0 cm³/mol. The van der Waals surface area contributed by atoms with E-state index in [1.165, 1.54) is 6.08 Å². The molecule has 0 spiro atoms. The van der Waals surface area contributed by atoms with Gasteiger partial charge in [0.1, 0.15) is 0 Å². The number of anilines is 1. The monoisotopic (exact) mass is 319 g/mol. The Bertz CT molecular complexity index is 708. The molecule has 0 atom stereocenters. The SMILES string of the molecule is Cc1cccc(NC(=O)/C=C/c2ccc(Cl)c(Cl)c2)c1C. The number of halogens is 2. The fraction of sp³-hybridized carbons (Fsp3) is 0.118. The fourth-order valence-corrected chi connectivity index (χ4v) is 2.16. The number of hydrogen-bond donors (Lipinski definition) is 1. The summed E-state index contributed by atoms with van der Waals surface area (Å²) < 4.78 is 0. The molecule has 108 valence electrons. The topological polar surface area (TPSA) is 29.1 Å². The summed E-state index contributed by atoms with van der Waals surface area (Å²) in [6.45, 7) is 3.99. The molecule has 1 amide bonds. The molecule has 2 aromatic carbocycles. The van der Waals surface area contributed by atoms with Crippen molar-refractivity contribution in [1.29, 1.82) is 0 Å². The van der Waals surface area contributed by atoms with Gasteiger partial charge in [0, 0.05) is 11.8 Å². The van der Waals surface area contributed by atoms with Crippen molar-refractivity contribution in [3.8, 4) is 0 Å². The highest BCUT2D eigenvalue weighted by Crippen LogP contribution is 2.23. The molecule has 0 radical (unpaired) electrons. The zero-order valence-corrected chi connectivity index (χ0v) is 13.3. The summed E-state index contributed by atoms with van der Waals surface area (Å²) in [5, 5.41) is 3.82. The summed E-state index contributed by atoms with van der Waals surface area (Å²) in [4.78, 5) is 11.9. The summed E-state index contributed by atoms with van der Waals surface area (Å²) in [7, 11) is 0. The summed E-state index contributed by atoms with van der Waals surface area (Å²) in [5.41, 5.74) is 3.84. The van der Waals surface area contributed by atoms with Gasteiger partial charge in [-0.05, 0) is 54.8 Å². The minimum Gasteiger partial charge on any atom is -0.322 e. The Labute approximate surface area is 134 Å². The van der Waals surface area contributed by atoms with Crippen molar-refractivity contribution in [3.63, 3.8) is 0 Å². The Kier molecular flexibility index (Phi) is 5.05. The van der Waals surface area contributed by atoms with Gasteiger partial charge in [0.15, 0.2) is 0 Å². The number of amides is 1. The third-order valence-electron chi connectivity index (χ3n) is 3.23. The van der Waals surface area contributed by atoms with E-state index in [0.717, 1.165) is 22.4 Å². The second-order valence-corrected chi connectivity index (χ2v) is 5.56. The number of aryl methyl sites for hydroxylation is 1. The molecule has 0 fully saturated rings. The molecule has 0 bridgehead atoms. The van der Waals surface area contributed by atoms with Gasteiger partial charge in [-0.1, -0.05) is 41.4 Å². The second-order valence-electron chi connectivity index (χ2n) is 4.74. The van der Waals surface area contributed by atoms with Crippen LogP contribution in [0.2, 0.25) is 10.0 Å². The van der Waals surface area contributed by atoms with Crippen molar-refractivity contribution in [1.82, 2.24) is 0 Å². The predicted octanol–water partition coefficient (Wildman–Crippen LogP) is 5.26.